The van der Waals surface area contributed by atoms with Gasteiger partial charge in [-0.25, -0.2) is 9.97 Å². The molecule has 2 aromatic rings. The molecule has 0 aliphatic carbocycles. The van der Waals surface area contributed by atoms with Gasteiger partial charge in [-0.15, -0.1) is 5.10 Å². The van der Waals surface area contributed by atoms with Gasteiger partial charge in [0.1, 0.15) is 10.8 Å². The fraction of sp³-hybridized carbons (Fsp3) is 0.300. The number of halogens is 1. The van der Waals surface area contributed by atoms with Crippen molar-refractivity contribution < 1.29 is 4.74 Å². The van der Waals surface area contributed by atoms with Gasteiger partial charge in [-0.1, -0.05) is 11.6 Å². The number of nitrogens with one attached hydrogen (secondary N) is 1. The SMILES string of the molecule is COc1nn(C)cc1Nc1ncc(C)c(Cl)n1. The second kappa shape index (κ2) is 4.58. The Morgan fingerprint density at radius 3 is 2.88 bits per heavy atom. The Hall–Kier alpha value is -1.82. The molecule has 0 bridgehead atoms. The lowest BCUT2D eigenvalue weighted by Crippen LogP contribution is -1.98. The highest BCUT2D eigenvalue weighted by molar-refractivity contribution is 6.30. The van der Waals surface area contributed by atoms with Crippen LogP contribution < -0.4 is 10.1 Å². The third kappa shape index (κ3) is 2.47. The molecule has 0 aromatic carbocycles. The molecule has 0 aliphatic rings. The molecular weight excluding hydrogens is 242 g/mol. The molecule has 0 unspecified atom stereocenters. The quantitative estimate of drug-likeness (QED) is 0.847. The number of anilines is 2. The highest BCUT2D eigenvalue weighted by Gasteiger charge is 2.09. The van der Waals surface area contributed by atoms with E-state index in [0.29, 0.717) is 22.7 Å². The van der Waals surface area contributed by atoms with Gasteiger partial charge in [-0.3, -0.25) is 4.68 Å². The maximum Gasteiger partial charge on any atom is 0.256 e. The first-order chi connectivity index (χ1) is 8.10. The first kappa shape index (κ1) is 11.7. The predicted octanol–water partition coefficient (Wildman–Crippen LogP) is 1.92. The Kier molecular flexibility index (Phi) is 3.14. The number of ether oxygens (including phenoxy) is 1. The van der Waals surface area contributed by atoms with E-state index in [-0.39, 0.29) is 0 Å². The standard InChI is InChI=1S/C10H12ClN5O/c1-6-4-12-10(14-8(6)11)13-7-5-16(2)15-9(7)17-3/h4-5H,1-3H3,(H,12,13,14). The summed E-state index contributed by atoms with van der Waals surface area (Å²) in [5, 5.41) is 7.53. The zero-order valence-electron chi connectivity index (χ0n) is 9.73. The fourth-order valence-electron chi connectivity index (χ4n) is 1.31. The van der Waals surface area contributed by atoms with Crippen LogP contribution in [0.1, 0.15) is 5.56 Å². The second-order valence-corrected chi connectivity index (χ2v) is 3.88. The van der Waals surface area contributed by atoms with E-state index in [9.17, 15) is 0 Å². The van der Waals surface area contributed by atoms with Gasteiger partial charge in [0.15, 0.2) is 0 Å². The topological polar surface area (TPSA) is 64.9 Å². The van der Waals surface area contributed by atoms with Crippen molar-refractivity contribution in [1.82, 2.24) is 19.7 Å². The van der Waals surface area contributed by atoms with Crippen molar-refractivity contribution in [2.45, 2.75) is 6.92 Å². The van der Waals surface area contributed by atoms with Gasteiger partial charge in [0.2, 0.25) is 5.95 Å². The van der Waals surface area contributed by atoms with Gasteiger partial charge >= 0.3 is 0 Å². The smallest absolute Gasteiger partial charge is 0.256 e. The van der Waals surface area contributed by atoms with Crippen LogP contribution in [-0.4, -0.2) is 26.9 Å². The zero-order chi connectivity index (χ0) is 12.4. The minimum Gasteiger partial charge on any atom is -0.478 e. The zero-order valence-corrected chi connectivity index (χ0v) is 10.5. The van der Waals surface area contributed by atoms with E-state index < -0.39 is 0 Å². The molecule has 0 fully saturated rings. The molecule has 7 heteroatoms. The summed E-state index contributed by atoms with van der Waals surface area (Å²) in [4.78, 5) is 8.22. The van der Waals surface area contributed by atoms with Crippen molar-refractivity contribution in [2.24, 2.45) is 7.05 Å². The molecule has 0 spiro atoms. The van der Waals surface area contributed by atoms with Gasteiger partial charge in [-0.2, -0.15) is 0 Å². The Morgan fingerprint density at radius 1 is 1.47 bits per heavy atom. The third-order valence-electron chi connectivity index (χ3n) is 2.14. The Balaban J connectivity index is 2.27. The van der Waals surface area contributed by atoms with Crippen molar-refractivity contribution in [3.05, 3.63) is 23.1 Å². The van der Waals surface area contributed by atoms with Crippen LogP contribution in [0.4, 0.5) is 11.6 Å². The normalized spacial score (nSPS) is 10.4. The summed E-state index contributed by atoms with van der Waals surface area (Å²) < 4.78 is 6.75. The first-order valence-electron chi connectivity index (χ1n) is 4.94. The lowest BCUT2D eigenvalue weighted by molar-refractivity contribution is 0.393. The van der Waals surface area contributed by atoms with E-state index >= 15 is 0 Å². The predicted molar refractivity (Wildman–Crippen MR) is 64.8 cm³/mol. The molecule has 0 saturated heterocycles. The molecule has 1 N–H and O–H groups in total. The van der Waals surface area contributed by atoms with Crippen molar-refractivity contribution in [1.29, 1.82) is 0 Å². The molecule has 2 aromatic heterocycles. The lowest BCUT2D eigenvalue weighted by atomic mass is 10.4. The van der Waals surface area contributed by atoms with Gasteiger partial charge in [-0.05, 0) is 6.92 Å². The van der Waals surface area contributed by atoms with Crippen molar-refractivity contribution in [3.8, 4) is 5.88 Å². The summed E-state index contributed by atoms with van der Waals surface area (Å²) in [6, 6.07) is 0. The molecule has 17 heavy (non-hydrogen) atoms. The van der Waals surface area contributed by atoms with E-state index in [0.717, 1.165) is 5.56 Å². The summed E-state index contributed by atoms with van der Waals surface area (Å²) in [6.45, 7) is 1.84. The Labute approximate surface area is 104 Å². The maximum absolute atomic E-state index is 5.92. The van der Waals surface area contributed by atoms with E-state index in [1.54, 1.807) is 31.2 Å². The van der Waals surface area contributed by atoms with Crippen LogP contribution in [0.15, 0.2) is 12.4 Å². The summed E-state index contributed by atoms with van der Waals surface area (Å²) in [7, 11) is 3.35. The van der Waals surface area contributed by atoms with Gasteiger partial charge < -0.3 is 10.1 Å². The van der Waals surface area contributed by atoms with Crippen LogP contribution in [-0.2, 0) is 7.05 Å². The number of nitrogens with zero attached hydrogens (tertiary/aromatic N) is 4. The van der Waals surface area contributed by atoms with E-state index in [1.165, 1.54) is 0 Å². The van der Waals surface area contributed by atoms with Gasteiger partial charge in [0.05, 0.1) is 13.3 Å². The average Bonchev–Trinajstić information content (AvgIpc) is 2.64. The van der Waals surface area contributed by atoms with E-state index in [4.69, 9.17) is 16.3 Å². The van der Waals surface area contributed by atoms with Crippen molar-refractivity contribution in [2.75, 3.05) is 12.4 Å². The summed E-state index contributed by atoms with van der Waals surface area (Å²) in [5.41, 5.74) is 1.52. The molecule has 0 atom stereocenters. The fourth-order valence-corrected chi connectivity index (χ4v) is 1.44. The van der Waals surface area contributed by atoms with Crippen LogP contribution in [0.25, 0.3) is 0 Å². The highest BCUT2D eigenvalue weighted by Crippen LogP contribution is 2.24. The second-order valence-electron chi connectivity index (χ2n) is 3.52. The Bertz CT molecular complexity index is 539. The minimum absolute atomic E-state index is 0.409. The largest absolute Gasteiger partial charge is 0.478 e. The number of hydrogen-bond donors (Lipinski definition) is 1. The molecular formula is C10H12ClN5O. The summed E-state index contributed by atoms with van der Waals surface area (Å²) >= 11 is 5.92. The molecule has 6 nitrogen and oxygen atoms in total. The lowest BCUT2D eigenvalue weighted by Gasteiger charge is -2.04. The van der Waals surface area contributed by atoms with Gasteiger partial charge in [0, 0.05) is 18.8 Å². The minimum atomic E-state index is 0.409. The molecule has 0 radical (unpaired) electrons. The first-order valence-corrected chi connectivity index (χ1v) is 5.31. The van der Waals surface area contributed by atoms with Crippen LogP contribution in [0.5, 0.6) is 5.88 Å². The number of hydrogen-bond acceptors (Lipinski definition) is 5. The van der Waals surface area contributed by atoms with Crippen molar-refractivity contribution in [3.63, 3.8) is 0 Å². The van der Waals surface area contributed by atoms with Crippen LogP contribution in [0.2, 0.25) is 5.15 Å². The summed E-state index contributed by atoms with van der Waals surface area (Å²) in [5.74, 6) is 0.889. The number of aryl methyl sites for hydroxylation is 2. The van der Waals surface area contributed by atoms with Crippen LogP contribution >= 0.6 is 11.6 Å². The third-order valence-corrected chi connectivity index (χ3v) is 2.53. The average molecular weight is 254 g/mol. The summed E-state index contributed by atoms with van der Waals surface area (Å²) in [6.07, 6.45) is 3.43. The number of aromatic nitrogens is 4. The van der Waals surface area contributed by atoms with Gasteiger partial charge in [0.25, 0.3) is 5.88 Å². The molecule has 2 rings (SSSR count). The molecule has 0 saturated carbocycles. The Morgan fingerprint density at radius 2 is 2.24 bits per heavy atom. The maximum atomic E-state index is 5.92. The number of rotatable bonds is 3. The molecule has 0 aliphatic heterocycles. The van der Waals surface area contributed by atoms with Crippen LogP contribution in [0, 0.1) is 6.92 Å². The number of methoxy groups -OCH3 is 1. The molecule has 0 amide bonds. The molecule has 2 heterocycles. The monoisotopic (exact) mass is 253 g/mol. The van der Waals surface area contributed by atoms with E-state index in [2.05, 4.69) is 20.4 Å². The highest BCUT2D eigenvalue weighted by atomic mass is 35.5. The van der Waals surface area contributed by atoms with Crippen molar-refractivity contribution >= 4 is 23.2 Å². The van der Waals surface area contributed by atoms with Crippen LogP contribution in [0.3, 0.4) is 0 Å². The van der Waals surface area contributed by atoms with E-state index in [1.807, 2.05) is 6.92 Å². The molecule has 90 valence electrons.